The Morgan fingerprint density at radius 2 is 1.58 bits per heavy atom. The lowest BCUT2D eigenvalue weighted by Gasteiger charge is -2.01. The second kappa shape index (κ2) is 7.03. The standard InChI is InChI=1S/C15H9N5O5S/c21-13(10-6-11(19(22)23)8-12(7-10)20(24)25)16-15-18-17-14(26-15)9-4-2-1-3-5-9/h1-8H,(H,16,18,21). The van der Waals surface area contributed by atoms with Crippen LogP contribution in [0.25, 0.3) is 10.6 Å². The number of nitrogens with zero attached hydrogens (tertiary/aromatic N) is 4. The second-order valence-electron chi connectivity index (χ2n) is 4.98. The van der Waals surface area contributed by atoms with Crippen molar-refractivity contribution < 1.29 is 14.6 Å². The van der Waals surface area contributed by atoms with Crippen molar-refractivity contribution in [2.24, 2.45) is 0 Å². The monoisotopic (exact) mass is 371 g/mol. The summed E-state index contributed by atoms with van der Waals surface area (Å²) in [4.78, 5) is 32.5. The largest absolute Gasteiger partial charge is 0.296 e. The first-order valence-corrected chi connectivity index (χ1v) is 7.90. The van der Waals surface area contributed by atoms with Crippen LogP contribution in [0.4, 0.5) is 16.5 Å². The molecule has 1 amide bonds. The number of carbonyl (C=O) groups excluding carboxylic acids is 1. The number of amides is 1. The van der Waals surface area contributed by atoms with Gasteiger partial charge in [0, 0.05) is 17.7 Å². The van der Waals surface area contributed by atoms with Gasteiger partial charge in [0.2, 0.25) is 5.13 Å². The number of aromatic nitrogens is 2. The molecule has 130 valence electrons. The number of nitro benzene ring substituents is 2. The Morgan fingerprint density at radius 3 is 2.15 bits per heavy atom. The number of non-ortho nitro benzene ring substituents is 2. The summed E-state index contributed by atoms with van der Waals surface area (Å²) in [6.45, 7) is 0. The van der Waals surface area contributed by atoms with Gasteiger partial charge in [0.15, 0.2) is 0 Å². The van der Waals surface area contributed by atoms with E-state index in [1.807, 2.05) is 30.3 Å². The Bertz CT molecular complexity index is 972. The van der Waals surface area contributed by atoms with Crippen molar-refractivity contribution in [2.45, 2.75) is 0 Å². The van der Waals surface area contributed by atoms with Crippen LogP contribution in [0.5, 0.6) is 0 Å². The van der Waals surface area contributed by atoms with Crippen molar-refractivity contribution in [1.82, 2.24) is 10.2 Å². The quantitative estimate of drug-likeness (QED) is 0.536. The maximum atomic E-state index is 12.3. The maximum absolute atomic E-state index is 12.3. The average molecular weight is 371 g/mol. The van der Waals surface area contributed by atoms with E-state index in [-0.39, 0.29) is 10.7 Å². The third kappa shape index (κ3) is 3.67. The van der Waals surface area contributed by atoms with E-state index in [2.05, 4.69) is 15.5 Å². The zero-order valence-electron chi connectivity index (χ0n) is 12.9. The molecule has 10 nitrogen and oxygen atoms in total. The SMILES string of the molecule is O=C(Nc1nnc(-c2ccccc2)s1)c1cc([N+](=O)[O-])cc([N+](=O)[O-])c1. The van der Waals surface area contributed by atoms with Crippen molar-refractivity contribution in [1.29, 1.82) is 0 Å². The lowest BCUT2D eigenvalue weighted by Crippen LogP contribution is -2.12. The van der Waals surface area contributed by atoms with E-state index in [1.165, 1.54) is 0 Å². The fraction of sp³-hybridized carbons (Fsp3) is 0. The highest BCUT2D eigenvalue weighted by molar-refractivity contribution is 7.18. The third-order valence-electron chi connectivity index (χ3n) is 3.25. The number of nitro groups is 2. The Kier molecular flexibility index (Phi) is 4.62. The first kappa shape index (κ1) is 17.1. The minimum atomic E-state index is -0.803. The average Bonchev–Trinajstić information content (AvgIpc) is 3.10. The Morgan fingerprint density at radius 1 is 0.962 bits per heavy atom. The van der Waals surface area contributed by atoms with Gasteiger partial charge in [-0.25, -0.2) is 0 Å². The Balaban J connectivity index is 1.85. The first-order valence-electron chi connectivity index (χ1n) is 7.08. The fourth-order valence-electron chi connectivity index (χ4n) is 2.08. The molecule has 3 aromatic rings. The van der Waals surface area contributed by atoms with E-state index in [9.17, 15) is 25.0 Å². The molecule has 0 aliphatic heterocycles. The van der Waals surface area contributed by atoms with Crippen molar-refractivity contribution in [3.05, 3.63) is 74.3 Å². The summed E-state index contributed by atoms with van der Waals surface area (Å²) in [6, 6.07) is 11.9. The van der Waals surface area contributed by atoms with E-state index in [0.717, 1.165) is 35.1 Å². The molecule has 0 bridgehead atoms. The molecule has 1 N–H and O–H groups in total. The summed E-state index contributed by atoms with van der Waals surface area (Å²) >= 11 is 1.11. The summed E-state index contributed by atoms with van der Waals surface area (Å²) < 4.78 is 0. The van der Waals surface area contributed by atoms with Crippen LogP contribution in [-0.4, -0.2) is 26.0 Å². The zero-order chi connectivity index (χ0) is 18.7. The molecule has 0 spiro atoms. The summed E-state index contributed by atoms with van der Waals surface area (Å²) in [5, 5.41) is 32.8. The topological polar surface area (TPSA) is 141 Å². The Labute approximate surface area is 149 Å². The van der Waals surface area contributed by atoms with Crippen molar-refractivity contribution >= 4 is 33.8 Å². The normalized spacial score (nSPS) is 10.3. The summed E-state index contributed by atoms with van der Waals surface area (Å²) in [5.74, 6) is -0.757. The lowest BCUT2D eigenvalue weighted by atomic mass is 10.1. The number of benzene rings is 2. The van der Waals surface area contributed by atoms with Gasteiger partial charge in [0.25, 0.3) is 17.3 Å². The predicted octanol–water partition coefficient (Wildman–Crippen LogP) is 3.27. The highest BCUT2D eigenvalue weighted by Crippen LogP contribution is 2.27. The predicted molar refractivity (Wildman–Crippen MR) is 93.0 cm³/mol. The van der Waals surface area contributed by atoms with E-state index in [1.54, 1.807) is 0 Å². The highest BCUT2D eigenvalue weighted by Gasteiger charge is 2.20. The molecule has 0 aliphatic rings. The molecule has 2 aromatic carbocycles. The minimum absolute atomic E-state index is 0.169. The second-order valence-corrected chi connectivity index (χ2v) is 5.96. The molecule has 1 aromatic heterocycles. The number of anilines is 1. The molecule has 0 unspecified atom stereocenters. The number of nitrogens with one attached hydrogen (secondary N) is 1. The van der Waals surface area contributed by atoms with Gasteiger partial charge < -0.3 is 0 Å². The molecule has 0 fully saturated rings. The van der Waals surface area contributed by atoms with Crippen LogP contribution in [0.3, 0.4) is 0 Å². The van der Waals surface area contributed by atoms with E-state index in [4.69, 9.17) is 0 Å². The number of hydrogen-bond donors (Lipinski definition) is 1. The van der Waals surface area contributed by atoms with Gasteiger partial charge >= 0.3 is 0 Å². The number of rotatable bonds is 5. The molecule has 0 radical (unpaired) electrons. The summed E-state index contributed by atoms with van der Waals surface area (Å²) in [6.07, 6.45) is 0. The van der Waals surface area contributed by atoms with Crippen LogP contribution in [0.1, 0.15) is 10.4 Å². The van der Waals surface area contributed by atoms with Crippen LogP contribution in [0.2, 0.25) is 0 Å². The van der Waals surface area contributed by atoms with Gasteiger partial charge in [0.1, 0.15) is 5.01 Å². The number of carbonyl (C=O) groups is 1. The van der Waals surface area contributed by atoms with Gasteiger partial charge in [-0.1, -0.05) is 41.7 Å². The van der Waals surface area contributed by atoms with Gasteiger partial charge in [-0.2, -0.15) is 0 Å². The molecule has 1 heterocycles. The van der Waals surface area contributed by atoms with Crippen molar-refractivity contribution in [2.75, 3.05) is 5.32 Å². The van der Waals surface area contributed by atoms with Crippen LogP contribution >= 0.6 is 11.3 Å². The van der Waals surface area contributed by atoms with Crippen LogP contribution in [0.15, 0.2) is 48.5 Å². The summed E-state index contributed by atoms with van der Waals surface area (Å²) in [5.41, 5.74) is -0.503. The zero-order valence-corrected chi connectivity index (χ0v) is 13.7. The Hall–Kier alpha value is -3.73. The van der Waals surface area contributed by atoms with Gasteiger partial charge in [-0.3, -0.25) is 30.3 Å². The molecule has 26 heavy (non-hydrogen) atoms. The molecule has 11 heteroatoms. The highest BCUT2D eigenvalue weighted by atomic mass is 32.1. The smallest absolute Gasteiger partial charge is 0.277 e. The molecule has 3 rings (SSSR count). The lowest BCUT2D eigenvalue weighted by molar-refractivity contribution is -0.394. The molecule has 0 atom stereocenters. The molecule has 0 saturated carbocycles. The van der Waals surface area contributed by atoms with E-state index in [0.29, 0.717) is 5.01 Å². The van der Waals surface area contributed by atoms with Crippen LogP contribution in [0, 0.1) is 20.2 Å². The van der Waals surface area contributed by atoms with Gasteiger partial charge in [-0.15, -0.1) is 10.2 Å². The van der Waals surface area contributed by atoms with Gasteiger partial charge in [0.05, 0.1) is 21.5 Å². The minimum Gasteiger partial charge on any atom is -0.296 e. The number of hydrogen-bond acceptors (Lipinski definition) is 8. The molecular formula is C15H9N5O5S. The van der Waals surface area contributed by atoms with Crippen LogP contribution < -0.4 is 5.32 Å². The summed E-state index contributed by atoms with van der Waals surface area (Å²) in [7, 11) is 0. The third-order valence-corrected chi connectivity index (χ3v) is 4.14. The molecule has 0 aliphatic carbocycles. The van der Waals surface area contributed by atoms with E-state index >= 15 is 0 Å². The van der Waals surface area contributed by atoms with Crippen molar-refractivity contribution in [3.63, 3.8) is 0 Å². The molecular weight excluding hydrogens is 362 g/mol. The van der Waals surface area contributed by atoms with Gasteiger partial charge in [-0.05, 0) is 0 Å². The van der Waals surface area contributed by atoms with E-state index < -0.39 is 27.1 Å². The maximum Gasteiger partial charge on any atom is 0.277 e. The van der Waals surface area contributed by atoms with Crippen molar-refractivity contribution in [3.8, 4) is 10.6 Å². The first-order chi connectivity index (χ1) is 12.4. The molecule has 0 saturated heterocycles. The fourth-order valence-corrected chi connectivity index (χ4v) is 2.82. The van der Waals surface area contributed by atoms with Crippen LogP contribution in [-0.2, 0) is 0 Å².